The Morgan fingerprint density at radius 3 is 1.78 bits per heavy atom. The van der Waals surface area contributed by atoms with Crippen LogP contribution < -0.4 is 4.74 Å². The Hall–Kier alpha value is -6.95. The van der Waals surface area contributed by atoms with Crippen molar-refractivity contribution in [2.45, 2.75) is 0 Å². The summed E-state index contributed by atoms with van der Waals surface area (Å²) in [5.74, 6) is 1.62. The van der Waals surface area contributed by atoms with E-state index in [9.17, 15) is 5.26 Å². The van der Waals surface area contributed by atoms with Gasteiger partial charge in [0.2, 0.25) is 0 Å². The predicted octanol–water partition coefficient (Wildman–Crippen LogP) is 13.5. The summed E-state index contributed by atoms with van der Waals surface area (Å²) in [5, 5.41) is 21.8. The fraction of sp³-hybridized carbons (Fsp3) is 0. The van der Waals surface area contributed by atoms with Gasteiger partial charge in [-0.05, 0) is 106 Å². The van der Waals surface area contributed by atoms with Crippen LogP contribution in [0.2, 0.25) is 0 Å². The van der Waals surface area contributed by atoms with Gasteiger partial charge in [-0.1, -0.05) is 140 Å². The van der Waals surface area contributed by atoms with Gasteiger partial charge in [-0.2, -0.15) is 5.26 Å². The summed E-state index contributed by atoms with van der Waals surface area (Å²) in [6.45, 7) is 0. The molecule has 2 nitrogen and oxygen atoms in total. The summed E-state index contributed by atoms with van der Waals surface area (Å²) in [6, 6.07) is 61.1. The van der Waals surface area contributed by atoms with E-state index >= 15 is 0 Å². The summed E-state index contributed by atoms with van der Waals surface area (Å²) in [7, 11) is 0. The van der Waals surface area contributed by atoms with Crippen molar-refractivity contribution in [3.63, 3.8) is 0 Å². The maximum Gasteiger partial charge on any atom is 0.136 e. The van der Waals surface area contributed by atoms with Gasteiger partial charge in [0.15, 0.2) is 0 Å². The van der Waals surface area contributed by atoms with Crippen molar-refractivity contribution in [2.75, 3.05) is 0 Å². The number of hydrogen-bond donors (Lipinski definition) is 0. The second kappa shape index (κ2) is 10.5. The Labute approximate surface area is 294 Å². The molecule has 0 N–H and O–H groups in total. The van der Waals surface area contributed by atoms with E-state index in [0.29, 0.717) is 5.56 Å². The molecule has 0 amide bonds. The summed E-state index contributed by atoms with van der Waals surface area (Å²) in [5.41, 5.74) is 9.99. The van der Waals surface area contributed by atoms with Crippen LogP contribution in [0.3, 0.4) is 0 Å². The Morgan fingerprint density at radius 2 is 0.961 bits per heavy atom. The van der Waals surface area contributed by atoms with Gasteiger partial charge >= 0.3 is 0 Å². The van der Waals surface area contributed by atoms with E-state index in [1.54, 1.807) is 0 Å². The van der Waals surface area contributed by atoms with Crippen LogP contribution in [0.4, 0.5) is 0 Å². The van der Waals surface area contributed by atoms with Gasteiger partial charge in [0, 0.05) is 16.3 Å². The molecule has 0 bridgehead atoms. The number of benzene rings is 10. The SMILES string of the molecule is N#Cc1ccc2c3c(cccc13)-c1ccc(-c3ccc(-c4ccc5ccc6c(-c7cccc8ccccc78)ccc7ccc4c5c76)cc3)cc1O2. The minimum atomic E-state index is 0.662. The second-order valence-corrected chi connectivity index (χ2v) is 13.5. The second-order valence-electron chi connectivity index (χ2n) is 13.5. The molecule has 51 heavy (non-hydrogen) atoms. The molecular weight excluding hydrogens is 619 g/mol. The molecule has 0 saturated heterocycles. The van der Waals surface area contributed by atoms with Crippen molar-refractivity contribution in [3.05, 3.63) is 169 Å². The molecule has 11 rings (SSSR count). The van der Waals surface area contributed by atoms with E-state index in [1.165, 1.54) is 65.3 Å². The largest absolute Gasteiger partial charge is 0.456 e. The van der Waals surface area contributed by atoms with Gasteiger partial charge in [-0.3, -0.25) is 0 Å². The third-order valence-electron chi connectivity index (χ3n) is 10.9. The summed E-state index contributed by atoms with van der Waals surface area (Å²) < 4.78 is 6.46. The lowest BCUT2D eigenvalue weighted by atomic mass is 9.86. The Kier molecular flexibility index (Phi) is 5.77. The topological polar surface area (TPSA) is 33.0 Å². The number of hydrogen-bond acceptors (Lipinski definition) is 2. The molecule has 0 unspecified atom stereocenters. The summed E-state index contributed by atoms with van der Waals surface area (Å²) in [6.07, 6.45) is 0. The highest BCUT2D eigenvalue weighted by molar-refractivity contribution is 6.28. The predicted molar refractivity (Wildman–Crippen MR) is 212 cm³/mol. The quantitative estimate of drug-likeness (QED) is 0.179. The maximum absolute atomic E-state index is 9.66. The van der Waals surface area contributed by atoms with Crippen molar-refractivity contribution in [1.29, 1.82) is 5.26 Å². The van der Waals surface area contributed by atoms with E-state index in [0.717, 1.165) is 44.5 Å². The summed E-state index contributed by atoms with van der Waals surface area (Å²) >= 11 is 0. The first-order valence-corrected chi connectivity index (χ1v) is 17.3. The van der Waals surface area contributed by atoms with Crippen molar-refractivity contribution >= 4 is 53.9 Å². The lowest BCUT2D eigenvalue weighted by Crippen LogP contribution is -1.98. The van der Waals surface area contributed by atoms with Crippen LogP contribution in [-0.4, -0.2) is 0 Å². The Morgan fingerprint density at radius 1 is 0.353 bits per heavy atom. The van der Waals surface area contributed by atoms with Gasteiger partial charge in [0.25, 0.3) is 0 Å². The van der Waals surface area contributed by atoms with Crippen LogP contribution in [0.1, 0.15) is 5.56 Å². The molecule has 0 aromatic heterocycles. The monoisotopic (exact) mass is 645 g/mol. The number of ether oxygens (including phenoxy) is 1. The molecule has 0 atom stereocenters. The number of nitriles is 1. The van der Waals surface area contributed by atoms with Crippen molar-refractivity contribution in [1.82, 2.24) is 0 Å². The molecule has 0 spiro atoms. The molecule has 0 aliphatic carbocycles. The molecule has 10 aromatic rings. The first-order valence-electron chi connectivity index (χ1n) is 17.3. The van der Waals surface area contributed by atoms with Crippen LogP contribution in [-0.2, 0) is 0 Å². The van der Waals surface area contributed by atoms with E-state index in [1.807, 2.05) is 24.3 Å². The molecule has 0 saturated carbocycles. The van der Waals surface area contributed by atoms with E-state index in [2.05, 4.69) is 146 Å². The van der Waals surface area contributed by atoms with Gasteiger partial charge < -0.3 is 4.74 Å². The molecule has 10 aromatic carbocycles. The van der Waals surface area contributed by atoms with Gasteiger partial charge in [0.1, 0.15) is 11.5 Å². The van der Waals surface area contributed by atoms with Crippen LogP contribution in [0, 0.1) is 11.3 Å². The van der Waals surface area contributed by atoms with E-state index in [4.69, 9.17) is 4.74 Å². The standard InChI is InChI=1S/C49H27NO/c50-28-35-20-26-45-49-38(35)8-4-10-42(49)41-23-19-34(27-46(41)51-45)29-11-13-31(14-12-29)37-21-15-32-18-25-44-40(22-16-33-17-24-43(37)47(32)48(33)44)39-9-3-6-30-5-1-2-7-36(30)39/h1-27H. The molecule has 234 valence electrons. The van der Waals surface area contributed by atoms with Gasteiger partial charge in [-0.25, -0.2) is 0 Å². The zero-order valence-electron chi connectivity index (χ0n) is 27.4. The minimum absolute atomic E-state index is 0.662. The fourth-order valence-electron chi connectivity index (χ4n) is 8.50. The van der Waals surface area contributed by atoms with E-state index in [-0.39, 0.29) is 0 Å². The minimum Gasteiger partial charge on any atom is -0.456 e. The Balaban J connectivity index is 1.01. The third kappa shape index (κ3) is 4.04. The number of nitrogens with zero attached hydrogens (tertiary/aromatic N) is 1. The van der Waals surface area contributed by atoms with Crippen LogP contribution in [0.5, 0.6) is 11.5 Å². The van der Waals surface area contributed by atoms with Gasteiger partial charge in [-0.15, -0.1) is 0 Å². The smallest absolute Gasteiger partial charge is 0.136 e. The number of fused-ring (bicyclic) bond motifs is 3. The average molecular weight is 646 g/mol. The van der Waals surface area contributed by atoms with E-state index < -0.39 is 0 Å². The lowest BCUT2D eigenvalue weighted by molar-refractivity contribution is 0.487. The molecule has 1 aliphatic rings. The first-order chi connectivity index (χ1) is 25.2. The van der Waals surface area contributed by atoms with Crippen molar-refractivity contribution in [3.8, 4) is 62.1 Å². The lowest BCUT2D eigenvalue weighted by Gasteiger charge is -2.22. The normalized spacial score (nSPS) is 12.1. The third-order valence-corrected chi connectivity index (χ3v) is 10.9. The zero-order chi connectivity index (χ0) is 33.6. The van der Waals surface area contributed by atoms with Crippen LogP contribution in [0.15, 0.2) is 164 Å². The van der Waals surface area contributed by atoms with Crippen molar-refractivity contribution in [2.24, 2.45) is 0 Å². The fourth-order valence-corrected chi connectivity index (χ4v) is 8.50. The Bertz CT molecular complexity index is 3100. The van der Waals surface area contributed by atoms with Crippen molar-refractivity contribution < 1.29 is 4.74 Å². The highest BCUT2D eigenvalue weighted by Gasteiger charge is 2.22. The highest BCUT2D eigenvalue weighted by Crippen LogP contribution is 2.49. The molecular formula is C49H27NO. The highest BCUT2D eigenvalue weighted by atomic mass is 16.5. The summed E-state index contributed by atoms with van der Waals surface area (Å²) in [4.78, 5) is 0. The first kappa shape index (κ1) is 27.9. The van der Waals surface area contributed by atoms with Crippen LogP contribution in [0.25, 0.3) is 98.4 Å². The maximum atomic E-state index is 9.66. The average Bonchev–Trinajstić information content (AvgIpc) is 3.20. The molecule has 0 fully saturated rings. The zero-order valence-corrected chi connectivity index (χ0v) is 27.4. The molecule has 1 aliphatic heterocycles. The molecule has 1 heterocycles. The van der Waals surface area contributed by atoms with Crippen LogP contribution >= 0.6 is 0 Å². The molecule has 2 heteroatoms. The number of rotatable bonds is 3. The molecule has 0 radical (unpaired) electrons. The van der Waals surface area contributed by atoms with Gasteiger partial charge in [0.05, 0.1) is 11.6 Å².